The van der Waals surface area contributed by atoms with Gasteiger partial charge in [0.2, 0.25) is 0 Å². The third kappa shape index (κ3) is 5.43. The van der Waals surface area contributed by atoms with E-state index in [9.17, 15) is 19.7 Å². The SMILES string of the molecule is CCOC(=O)Cn1c(=NC(=O)c2ccc(N3CCCCC3)c([N+](=O)[O-])c2)sc2cc(CC)ccc21. The van der Waals surface area contributed by atoms with Crippen molar-refractivity contribution in [2.75, 3.05) is 24.6 Å². The van der Waals surface area contributed by atoms with E-state index in [0.717, 1.165) is 54.6 Å². The molecule has 2 heterocycles. The van der Waals surface area contributed by atoms with E-state index in [1.807, 2.05) is 23.1 Å². The number of thiazole rings is 1. The van der Waals surface area contributed by atoms with Crippen molar-refractivity contribution >= 4 is 44.8 Å². The molecule has 35 heavy (non-hydrogen) atoms. The number of aryl methyl sites for hydroxylation is 1. The fraction of sp³-hybridized carbons (Fsp3) is 0.400. The molecule has 1 aliphatic heterocycles. The quantitative estimate of drug-likeness (QED) is 0.271. The number of hydrogen-bond acceptors (Lipinski definition) is 7. The van der Waals surface area contributed by atoms with Gasteiger partial charge in [0.05, 0.1) is 21.7 Å². The molecule has 0 saturated carbocycles. The molecule has 0 atom stereocenters. The first kappa shape index (κ1) is 24.6. The van der Waals surface area contributed by atoms with E-state index >= 15 is 0 Å². The summed E-state index contributed by atoms with van der Waals surface area (Å²) < 4.78 is 7.66. The normalized spacial score (nSPS) is 14.3. The molecular formula is C25H28N4O5S. The molecule has 2 aromatic carbocycles. The third-order valence-electron chi connectivity index (χ3n) is 6.06. The van der Waals surface area contributed by atoms with E-state index in [0.29, 0.717) is 10.5 Å². The number of esters is 1. The van der Waals surface area contributed by atoms with Crippen LogP contribution in [-0.4, -0.2) is 41.1 Å². The van der Waals surface area contributed by atoms with Gasteiger partial charge in [0.15, 0.2) is 4.80 Å². The molecule has 1 fully saturated rings. The van der Waals surface area contributed by atoms with Gasteiger partial charge in [-0.05, 0) is 62.4 Å². The van der Waals surface area contributed by atoms with E-state index in [-0.39, 0.29) is 24.4 Å². The Balaban J connectivity index is 1.75. The lowest BCUT2D eigenvalue weighted by molar-refractivity contribution is -0.384. The van der Waals surface area contributed by atoms with Gasteiger partial charge < -0.3 is 14.2 Å². The Morgan fingerprint density at radius 3 is 2.57 bits per heavy atom. The van der Waals surface area contributed by atoms with Gasteiger partial charge >= 0.3 is 5.97 Å². The predicted molar refractivity (Wildman–Crippen MR) is 135 cm³/mol. The fourth-order valence-corrected chi connectivity index (χ4v) is 5.36. The number of carbonyl (C=O) groups excluding carboxylic acids is 2. The molecule has 3 aromatic rings. The number of hydrogen-bond donors (Lipinski definition) is 0. The van der Waals surface area contributed by atoms with Gasteiger partial charge in [0, 0.05) is 24.7 Å². The van der Waals surface area contributed by atoms with Gasteiger partial charge in [-0.25, -0.2) is 0 Å². The van der Waals surface area contributed by atoms with Crippen molar-refractivity contribution in [2.24, 2.45) is 4.99 Å². The first-order valence-corrected chi connectivity index (χ1v) is 12.6. The monoisotopic (exact) mass is 496 g/mol. The summed E-state index contributed by atoms with van der Waals surface area (Å²) in [5.41, 5.74) is 2.46. The van der Waals surface area contributed by atoms with Crippen LogP contribution in [0.3, 0.4) is 0 Å². The van der Waals surface area contributed by atoms with Crippen molar-refractivity contribution in [3.8, 4) is 0 Å². The highest BCUT2D eigenvalue weighted by Crippen LogP contribution is 2.31. The van der Waals surface area contributed by atoms with Crippen LogP contribution >= 0.6 is 11.3 Å². The molecule has 0 bridgehead atoms. The highest BCUT2D eigenvalue weighted by Gasteiger charge is 2.23. The van der Waals surface area contributed by atoms with E-state index in [2.05, 4.69) is 11.9 Å². The van der Waals surface area contributed by atoms with Crippen LogP contribution in [0.1, 0.15) is 49.0 Å². The maximum Gasteiger partial charge on any atom is 0.326 e. The van der Waals surface area contributed by atoms with Crippen LogP contribution in [0.4, 0.5) is 11.4 Å². The Hall–Kier alpha value is -3.53. The summed E-state index contributed by atoms with van der Waals surface area (Å²) in [7, 11) is 0. The van der Waals surface area contributed by atoms with Gasteiger partial charge in [-0.15, -0.1) is 0 Å². The first-order chi connectivity index (χ1) is 16.9. The van der Waals surface area contributed by atoms with Gasteiger partial charge in [-0.2, -0.15) is 4.99 Å². The van der Waals surface area contributed by atoms with E-state index in [4.69, 9.17) is 4.74 Å². The zero-order valence-electron chi connectivity index (χ0n) is 19.9. The Bertz CT molecular complexity index is 1340. The first-order valence-electron chi connectivity index (χ1n) is 11.8. The van der Waals surface area contributed by atoms with Gasteiger partial charge in [0.1, 0.15) is 12.2 Å². The van der Waals surface area contributed by atoms with E-state index in [1.54, 1.807) is 23.6 Å². The molecule has 9 nitrogen and oxygen atoms in total. The van der Waals surface area contributed by atoms with Crippen LogP contribution in [0.2, 0.25) is 0 Å². The maximum absolute atomic E-state index is 13.1. The van der Waals surface area contributed by atoms with Crippen LogP contribution in [0, 0.1) is 10.1 Å². The van der Waals surface area contributed by atoms with Gasteiger partial charge in [0.25, 0.3) is 11.6 Å². The molecule has 0 unspecified atom stereocenters. The van der Waals surface area contributed by atoms with Crippen LogP contribution in [0.5, 0.6) is 0 Å². The summed E-state index contributed by atoms with van der Waals surface area (Å²) in [6, 6.07) is 10.4. The minimum atomic E-state index is -0.599. The van der Waals surface area contributed by atoms with Crippen LogP contribution < -0.4 is 9.70 Å². The molecule has 4 rings (SSSR count). The molecule has 1 saturated heterocycles. The Labute approximate surface area is 206 Å². The lowest BCUT2D eigenvalue weighted by atomic mass is 10.1. The second-order valence-electron chi connectivity index (χ2n) is 8.36. The van der Waals surface area contributed by atoms with Crippen molar-refractivity contribution in [3.63, 3.8) is 0 Å². The average molecular weight is 497 g/mol. The minimum Gasteiger partial charge on any atom is -0.465 e. The number of anilines is 1. The topological polar surface area (TPSA) is 107 Å². The number of amides is 1. The third-order valence-corrected chi connectivity index (χ3v) is 7.10. The lowest BCUT2D eigenvalue weighted by Gasteiger charge is -2.28. The summed E-state index contributed by atoms with van der Waals surface area (Å²) in [4.78, 5) is 43.3. The van der Waals surface area contributed by atoms with Crippen LogP contribution in [0.15, 0.2) is 41.4 Å². The Kier molecular flexibility index (Phi) is 7.60. The number of benzene rings is 2. The minimum absolute atomic E-state index is 0.0839. The summed E-state index contributed by atoms with van der Waals surface area (Å²) >= 11 is 1.30. The van der Waals surface area contributed by atoms with Crippen molar-refractivity contribution in [2.45, 2.75) is 46.1 Å². The summed E-state index contributed by atoms with van der Waals surface area (Å²) in [6.07, 6.45) is 3.93. The number of piperidine rings is 1. The van der Waals surface area contributed by atoms with E-state index < -0.39 is 16.8 Å². The zero-order valence-corrected chi connectivity index (χ0v) is 20.7. The molecule has 0 radical (unpaired) electrons. The van der Waals surface area contributed by atoms with Crippen LogP contribution in [0.25, 0.3) is 10.2 Å². The molecule has 0 spiro atoms. The molecule has 0 N–H and O–H groups in total. The molecule has 1 aromatic heterocycles. The zero-order chi connectivity index (χ0) is 24.9. The largest absolute Gasteiger partial charge is 0.465 e. The Morgan fingerprint density at radius 1 is 1.11 bits per heavy atom. The van der Waals surface area contributed by atoms with Gasteiger partial charge in [-0.3, -0.25) is 19.7 Å². The summed E-state index contributed by atoms with van der Waals surface area (Å²) in [5.74, 6) is -1.03. The second kappa shape index (κ2) is 10.8. The lowest BCUT2D eigenvalue weighted by Crippen LogP contribution is -2.30. The molecule has 1 amide bonds. The second-order valence-corrected chi connectivity index (χ2v) is 9.37. The van der Waals surface area contributed by atoms with E-state index in [1.165, 1.54) is 17.4 Å². The highest BCUT2D eigenvalue weighted by molar-refractivity contribution is 7.16. The number of ether oxygens (including phenoxy) is 1. The molecule has 184 valence electrons. The fourth-order valence-electron chi connectivity index (χ4n) is 4.27. The number of carbonyl (C=O) groups is 2. The summed E-state index contributed by atoms with van der Waals surface area (Å²) in [6.45, 7) is 5.47. The molecule has 1 aliphatic rings. The van der Waals surface area contributed by atoms with Crippen molar-refractivity contribution < 1.29 is 19.2 Å². The number of aromatic nitrogens is 1. The maximum atomic E-state index is 13.1. The molecule has 10 heteroatoms. The smallest absolute Gasteiger partial charge is 0.326 e. The number of nitro groups is 1. The van der Waals surface area contributed by atoms with Crippen molar-refractivity contribution in [3.05, 3.63) is 62.4 Å². The van der Waals surface area contributed by atoms with Crippen molar-refractivity contribution in [1.82, 2.24) is 4.57 Å². The number of fused-ring (bicyclic) bond motifs is 1. The number of nitrogens with zero attached hydrogens (tertiary/aromatic N) is 4. The molecule has 0 aliphatic carbocycles. The average Bonchev–Trinajstić information content (AvgIpc) is 3.19. The number of rotatable bonds is 7. The Morgan fingerprint density at radius 2 is 1.89 bits per heavy atom. The predicted octanol–water partition coefficient (Wildman–Crippen LogP) is 4.47. The molecular weight excluding hydrogens is 468 g/mol. The standard InChI is InChI=1S/C25H28N4O5S/c1-3-17-8-10-20-22(14-17)35-25(28(20)16-23(30)34-4-2)26-24(31)18-9-11-19(21(15-18)29(32)33)27-12-6-5-7-13-27/h8-11,14-15H,3-7,12-13,16H2,1-2H3. The van der Waals surface area contributed by atoms with Crippen LogP contribution in [-0.2, 0) is 22.5 Å². The van der Waals surface area contributed by atoms with Gasteiger partial charge in [-0.1, -0.05) is 24.3 Å². The summed E-state index contributed by atoms with van der Waals surface area (Å²) in [5, 5.41) is 11.8. The highest BCUT2D eigenvalue weighted by atomic mass is 32.1. The number of nitro benzene ring substituents is 1. The van der Waals surface area contributed by atoms with Crippen molar-refractivity contribution in [1.29, 1.82) is 0 Å².